The third-order valence-electron chi connectivity index (χ3n) is 2.54. The maximum Gasteiger partial charge on any atom is 0.102 e. The zero-order valence-corrected chi connectivity index (χ0v) is 8.21. The second kappa shape index (κ2) is 6.29. The second-order valence-corrected chi connectivity index (χ2v) is 3.51. The summed E-state index contributed by atoms with van der Waals surface area (Å²) in [6, 6.07) is 0. The quantitative estimate of drug-likeness (QED) is 0.656. The summed E-state index contributed by atoms with van der Waals surface area (Å²) in [6.45, 7) is 6.40. The molecule has 78 valence electrons. The molecule has 3 nitrogen and oxygen atoms in total. The highest BCUT2D eigenvalue weighted by Gasteiger charge is 2.15. The average Bonchev–Trinajstić information content (AvgIpc) is 2.17. The Balaban J connectivity index is 2.08. The van der Waals surface area contributed by atoms with Crippen LogP contribution in [0.1, 0.15) is 6.42 Å². The van der Waals surface area contributed by atoms with Crippen molar-refractivity contribution in [2.45, 2.75) is 6.42 Å². The normalized spacial score (nSPS) is 20.8. The summed E-state index contributed by atoms with van der Waals surface area (Å²) in [7, 11) is 0. The molecule has 1 aliphatic heterocycles. The maximum absolute atomic E-state index is 12.0. The first-order chi connectivity index (χ1) is 6.36. The minimum atomic E-state index is -0.219. The van der Waals surface area contributed by atoms with Gasteiger partial charge in [0.25, 0.3) is 0 Å². The lowest BCUT2D eigenvalue weighted by Gasteiger charge is -2.34. The van der Waals surface area contributed by atoms with Crippen molar-refractivity contribution < 1.29 is 4.39 Å². The average molecular weight is 189 g/mol. The zero-order chi connectivity index (χ0) is 9.52. The van der Waals surface area contributed by atoms with Gasteiger partial charge in [-0.1, -0.05) is 0 Å². The minimum absolute atomic E-state index is 0.219. The van der Waals surface area contributed by atoms with E-state index in [1.165, 1.54) is 0 Å². The lowest BCUT2D eigenvalue weighted by atomic mass is 10.3. The predicted molar refractivity (Wildman–Crippen MR) is 52.5 cm³/mol. The first-order valence-electron chi connectivity index (χ1n) is 5.07. The molecule has 1 heterocycles. The van der Waals surface area contributed by atoms with Gasteiger partial charge in [-0.2, -0.15) is 0 Å². The van der Waals surface area contributed by atoms with Gasteiger partial charge in [-0.25, -0.2) is 4.39 Å². The van der Waals surface area contributed by atoms with Gasteiger partial charge in [0, 0.05) is 32.7 Å². The molecule has 0 spiro atoms. The van der Waals surface area contributed by atoms with E-state index < -0.39 is 0 Å². The highest BCUT2D eigenvalue weighted by molar-refractivity contribution is 4.71. The maximum atomic E-state index is 12.0. The van der Waals surface area contributed by atoms with Crippen LogP contribution in [-0.4, -0.2) is 62.3 Å². The van der Waals surface area contributed by atoms with Gasteiger partial charge in [0.1, 0.15) is 6.67 Å². The molecule has 1 saturated heterocycles. The van der Waals surface area contributed by atoms with Crippen molar-refractivity contribution >= 4 is 0 Å². The largest absolute Gasteiger partial charge is 0.330 e. The molecule has 1 rings (SSSR count). The molecule has 0 saturated carbocycles. The first-order valence-corrected chi connectivity index (χ1v) is 5.07. The van der Waals surface area contributed by atoms with Gasteiger partial charge in [0.2, 0.25) is 0 Å². The molecule has 1 aliphatic rings. The third-order valence-corrected chi connectivity index (χ3v) is 2.54. The summed E-state index contributed by atoms with van der Waals surface area (Å²) in [5.74, 6) is 0. The summed E-state index contributed by atoms with van der Waals surface area (Å²) in [6.07, 6.45) is 1.07. The SMILES string of the molecule is NCCCN1CCN(CCF)CC1. The van der Waals surface area contributed by atoms with E-state index >= 15 is 0 Å². The molecule has 0 amide bonds. The zero-order valence-electron chi connectivity index (χ0n) is 8.21. The van der Waals surface area contributed by atoms with Crippen molar-refractivity contribution in [3.8, 4) is 0 Å². The number of rotatable bonds is 5. The molecule has 13 heavy (non-hydrogen) atoms. The predicted octanol–water partition coefficient (Wildman–Crippen LogP) is -0.0777. The molecular formula is C9H20FN3. The fourth-order valence-electron chi connectivity index (χ4n) is 1.67. The molecule has 4 heteroatoms. The van der Waals surface area contributed by atoms with E-state index in [1.807, 2.05) is 0 Å². The van der Waals surface area contributed by atoms with E-state index in [4.69, 9.17) is 5.73 Å². The fraction of sp³-hybridized carbons (Fsp3) is 1.00. The minimum Gasteiger partial charge on any atom is -0.330 e. The molecule has 0 aromatic rings. The Bertz CT molecular complexity index is 124. The van der Waals surface area contributed by atoms with Crippen LogP contribution >= 0.6 is 0 Å². The second-order valence-electron chi connectivity index (χ2n) is 3.51. The van der Waals surface area contributed by atoms with Crippen LogP contribution in [0.3, 0.4) is 0 Å². The van der Waals surface area contributed by atoms with E-state index in [1.54, 1.807) is 0 Å². The fourth-order valence-corrected chi connectivity index (χ4v) is 1.67. The number of halogens is 1. The highest BCUT2D eigenvalue weighted by Crippen LogP contribution is 2.01. The van der Waals surface area contributed by atoms with Crippen LogP contribution in [0.25, 0.3) is 0 Å². The molecule has 2 N–H and O–H groups in total. The smallest absolute Gasteiger partial charge is 0.102 e. The topological polar surface area (TPSA) is 32.5 Å². The van der Waals surface area contributed by atoms with Crippen LogP contribution in [-0.2, 0) is 0 Å². The van der Waals surface area contributed by atoms with Gasteiger partial charge in [0.15, 0.2) is 0 Å². The summed E-state index contributed by atoms with van der Waals surface area (Å²) in [5, 5.41) is 0. The van der Waals surface area contributed by atoms with Crippen LogP contribution in [0.5, 0.6) is 0 Å². The van der Waals surface area contributed by atoms with E-state index in [-0.39, 0.29) is 6.67 Å². The van der Waals surface area contributed by atoms with Crippen molar-refractivity contribution in [2.75, 3.05) is 52.5 Å². The third kappa shape index (κ3) is 4.02. The Morgan fingerprint density at radius 3 is 2.00 bits per heavy atom. The van der Waals surface area contributed by atoms with Crippen molar-refractivity contribution in [3.05, 3.63) is 0 Å². The molecule has 0 aromatic carbocycles. The summed E-state index contributed by atoms with van der Waals surface area (Å²) >= 11 is 0. The van der Waals surface area contributed by atoms with E-state index in [9.17, 15) is 4.39 Å². The molecule has 0 atom stereocenters. The highest BCUT2D eigenvalue weighted by atomic mass is 19.1. The number of piperazine rings is 1. The Morgan fingerprint density at radius 2 is 1.54 bits per heavy atom. The molecule has 0 radical (unpaired) electrons. The van der Waals surface area contributed by atoms with E-state index in [0.717, 1.165) is 45.7 Å². The molecule has 1 fully saturated rings. The van der Waals surface area contributed by atoms with Gasteiger partial charge in [-0.15, -0.1) is 0 Å². The van der Waals surface area contributed by atoms with Crippen LogP contribution in [0.4, 0.5) is 4.39 Å². The number of alkyl halides is 1. The van der Waals surface area contributed by atoms with Crippen molar-refractivity contribution in [1.29, 1.82) is 0 Å². The Morgan fingerprint density at radius 1 is 1.00 bits per heavy atom. The van der Waals surface area contributed by atoms with Crippen molar-refractivity contribution in [2.24, 2.45) is 5.73 Å². The van der Waals surface area contributed by atoms with Crippen molar-refractivity contribution in [1.82, 2.24) is 9.80 Å². The summed E-state index contributed by atoms with van der Waals surface area (Å²) in [5.41, 5.74) is 5.43. The Hall–Kier alpha value is -0.190. The Labute approximate surface area is 79.7 Å². The first kappa shape index (κ1) is 10.9. The lowest BCUT2D eigenvalue weighted by Crippen LogP contribution is -2.47. The molecule has 0 aromatic heterocycles. The van der Waals surface area contributed by atoms with Crippen molar-refractivity contribution in [3.63, 3.8) is 0 Å². The number of nitrogens with two attached hydrogens (primary N) is 1. The van der Waals surface area contributed by atoms with Gasteiger partial charge >= 0.3 is 0 Å². The van der Waals surface area contributed by atoms with Gasteiger partial charge in [0.05, 0.1) is 0 Å². The number of hydrogen-bond acceptors (Lipinski definition) is 3. The van der Waals surface area contributed by atoms with Gasteiger partial charge < -0.3 is 10.6 Å². The monoisotopic (exact) mass is 189 g/mol. The van der Waals surface area contributed by atoms with E-state index in [2.05, 4.69) is 9.80 Å². The standard InChI is InChI=1S/C9H20FN3/c10-2-5-13-8-6-12(7-9-13)4-1-3-11/h1-9,11H2. The molecule has 0 aliphatic carbocycles. The summed E-state index contributed by atoms with van der Waals surface area (Å²) < 4.78 is 12.0. The molecule has 0 bridgehead atoms. The molecule has 0 unspecified atom stereocenters. The van der Waals surface area contributed by atoms with Crippen LogP contribution in [0, 0.1) is 0 Å². The number of hydrogen-bond donors (Lipinski definition) is 1. The van der Waals surface area contributed by atoms with E-state index in [0.29, 0.717) is 6.54 Å². The lowest BCUT2D eigenvalue weighted by molar-refractivity contribution is 0.126. The van der Waals surface area contributed by atoms with Crippen LogP contribution < -0.4 is 5.73 Å². The Kier molecular flexibility index (Phi) is 5.27. The van der Waals surface area contributed by atoms with Gasteiger partial charge in [-0.3, -0.25) is 4.90 Å². The molecular weight excluding hydrogens is 169 g/mol. The summed E-state index contributed by atoms with van der Waals surface area (Å²) in [4.78, 5) is 4.58. The number of nitrogens with zero attached hydrogens (tertiary/aromatic N) is 2. The van der Waals surface area contributed by atoms with Gasteiger partial charge in [-0.05, 0) is 19.5 Å². The van der Waals surface area contributed by atoms with Crippen LogP contribution in [0.15, 0.2) is 0 Å². The van der Waals surface area contributed by atoms with Crippen LogP contribution in [0.2, 0.25) is 0 Å².